The van der Waals surface area contributed by atoms with E-state index in [9.17, 15) is 23.1 Å². The Balaban J connectivity index is 2.10. The number of carbonyl (C=O) groups excluding carboxylic acids is 1. The normalized spacial score (nSPS) is 13.5. The molecule has 5 nitrogen and oxygen atoms in total. The van der Waals surface area contributed by atoms with Crippen molar-refractivity contribution < 1.29 is 28.2 Å². The van der Waals surface area contributed by atoms with Gasteiger partial charge in [0.05, 0.1) is 6.04 Å². The van der Waals surface area contributed by atoms with Crippen molar-refractivity contribution in [2.75, 3.05) is 13.3 Å². The molecule has 2 rings (SSSR count). The van der Waals surface area contributed by atoms with Gasteiger partial charge in [0.15, 0.2) is 0 Å². The molecule has 1 heterocycles. The lowest BCUT2D eigenvalue weighted by Gasteiger charge is -2.22. The van der Waals surface area contributed by atoms with Gasteiger partial charge in [0, 0.05) is 30.5 Å². The van der Waals surface area contributed by atoms with E-state index in [1.54, 1.807) is 29.7 Å². The molecule has 1 aromatic carbocycles. The number of amides is 1. The Morgan fingerprint density at radius 1 is 1.12 bits per heavy atom. The van der Waals surface area contributed by atoms with Crippen LogP contribution in [0.3, 0.4) is 0 Å². The van der Waals surface area contributed by atoms with Crippen LogP contribution in [0.4, 0.5) is 13.2 Å². The number of carbonyl (C=O) groups is 1. The van der Waals surface area contributed by atoms with E-state index in [0.29, 0.717) is 6.42 Å². The molecular formula is C18H19F3N2O3. The van der Waals surface area contributed by atoms with Crippen molar-refractivity contribution in [3.8, 4) is 11.1 Å². The zero-order chi connectivity index (χ0) is 19.1. The van der Waals surface area contributed by atoms with Gasteiger partial charge in [-0.15, -0.1) is 0 Å². The highest BCUT2D eigenvalue weighted by Crippen LogP contribution is 2.23. The lowest BCUT2D eigenvalue weighted by atomic mass is 9.99. The maximum Gasteiger partial charge on any atom is 0.315 e. The Morgan fingerprint density at radius 2 is 1.77 bits per heavy atom. The van der Waals surface area contributed by atoms with E-state index in [1.165, 1.54) is 12.1 Å². The summed E-state index contributed by atoms with van der Waals surface area (Å²) in [5.74, 6) is -1.63. The van der Waals surface area contributed by atoms with Crippen LogP contribution >= 0.6 is 0 Å². The minimum atomic E-state index is -3.28. The van der Waals surface area contributed by atoms with Gasteiger partial charge in [-0.3, -0.25) is 9.78 Å². The second kappa shape index (κ2) is 9.30. The largest absolute Gasteiger partial charge is 0.396 e. The van der Waals surface area contributed by atoms with Crippen LogP contribution in [0.25, 0.3) is 11.1 Å². The number of nitrogens with zero attached hydrogens (tertiary/aromatic N) is 1. The molecule has 0 aliphatic heterocycles. The average molecular weight is 368 g/mol. The minimum absolute atomic E-state index is 0.0107. The first-order chi connectivity index (χ1) is 12.5. The zero-order valence-electron chi connectivity index (χ0n) is 13.8. The van der Waals surface area contributed by atoms with E-state index in [1.807, 2.05) is 6.07 Å². The summed E-state index contributed by atoms with van der Waals surface area (Å²) < 4.78 is 37.6. The van der Waals surface area contributed by atoms with Gasteiger partial charge in [-0.05, 0) is 17.2 Å². The molecular weight excluding hydrogens is 349 g/mol. The number of aliphatic hydroxyl groups excluding tert-OH is 2. The van der Waals surface area contributed by atoms with Crippen LogP contribution in [0.1, 0.15) is 17.4 Å². The predicted molar refractivity (Wildman–Crippen MR) is 89.3 cm³/mol. The van der Waals surface area contributed by atoms with E-state index < -0.39 is 31.2 Å². The number of benzene rings is 1. The Morgan fingerprint density at radius 3 is 2.27 bits per heavy atom. The summed E-state index contributed by atoms with van der Waals surface area (Å²) in [7, 11) is 0. The number of halogens is 3. The van der Waals surface area contributed by atoms with Gasteiger partial charge in [-0.25, -0.2) is 4.39 Å². The van der Waals surface area contributed by atoms with Gasteiger partial charge in [-0.2, -0.15) is 8.78 Å². The van der Waals surface area contributed by atoms with Crippen LogP contribution in [0.5, 0.6) is 0 Å². The Bertz CT molecular complexity index is 709. The third-order valence-electron chi connectivity index (χ3n) is 3.85. The number of aromatic nitrogens is 1. The van der Waals surface area contributed by atoms with Crippen LogP contribution in [-0.2, 0) is 11.2 Å². The van der Waals surface area contributed by atoms with Crippen molar-refractivity contribution in [1.29, 1.82) is 0 Å². The fraction of sp³-hybridized carbons (Fsp3) is 0.333. The fourth-order valence-corrected chi connectivity index (χ4v) is 2.41. The molecule has 1 amide bonds. The van der Waals surface area contributed by atoms with Crippen molar-refractivity contribution in [2.24, 2.45) is 0 Å². The minimum Gasteiger partial charge on any atom is -0.396 e. The van der Waals surface area contributed by atoms with Gasteiger partial charge >= 0.3 is 6.43 Å². The third kappa shape index (κ3) is 5.03. The van der Waals surface area contributed by atoms with Crippen molar-refractivity contribution in [3.63, 3.8) is 0 Å². The lowest BCUT2D eigenvalue weighted by molar-refractivity contribution is -0.133. The van der Waals surface area contributed by atoms with Crippen molar-refractivity contribution in [3.05, 3.63) is 53.9 Å². The molecule has 0 bridgehead atoms. The molecule has 0 fully saturated rings. The molecule has 0 saturated heterocycles. The molecule has 0 radical (unpaired) electrons. The number of alkyl halides is 3. The topological polar surface area (TPSA) is 82.5 Å². The second-order valence-corrected chi connectivity index (χ2v) is 5.65. The summed E-state index contributed by atoms with van der Waals surface area (Å²) in [5.41, 5.74) is 2.64. The van der Waals surface area contributed by atoms with Gasteiger partial charge in [-0.1, -0.05) is 30.3 Å². The molecule has 2 atom stereocenters. The van der Waals surface area contributed by atoms with Crippen molar-refractivity contribution >= 4 is 5.91 Å². The van der Waals surface area contributed by atoms with Crippen LogP contribution < -0.4 is 5.32 Å². The number of pyridine rings is 1. The quantitative estimate of drug-likeness (QED) is 0.666. The summed E-state index contributed by atoms with van der Waals surface area (Å²) >= 11 is 0. The number of nitrogens with one attached hydrogen (secondary N) is 1. The number of rotatable bonds is 8. The van der Waals surface area contributed by atoms with Gasteiger partial charge in [0.2, 0.25) is 0 Å². The molecule has 0 saturated carbocycles. The number of aliphatic hydroxyl groups is 2. The Labute approximate surface area is 148 Å². The van der Waals surface area contributed by atoms with E-state index in [2.05, 4.69) is 4.98 Å². The average Bonchev–Trinajstić information content (AvgIpc) is 2.66. The van der Waals surface area contributed by atoms with Crippen molar-refractivity contribution in [1.82, 2.24) is 10.3 Å². The zero-order valence-corrected chi connectivity index (χ0v) is 13.8. The molecule has 0 spiro atoms. The predicted octanol–water partition coefficient (Wildman–Crippen LogP) is 2.04. The van der Waals surface area contributed by atoms with Crippen LogP contribution in [-0.4, -0.2) is 46.9 Å². The number of hydrogen-bond acceptors (Lipinski definition) is 4. The highest BCUT2D eigenvalue weighted by Gasteiger charge is 2.26. The molecule has 0 aliphatic carbocycles. The SMILES string of the molecule is O=C(N[C@H](CF)[C@H](O)c1ccc(-c2ccc(CCO)nc2)cc1)C(F)F. The maximum absolute atomic E-state index is 13.0. The van der Waals surface area contributed by atoms with Crippen LogP contribution in [0.15, 0.2) is 42.6 Å². The molecule has 0 unspecified atom stereocenters. The second-order valence-electron chi connectivity index (χ2n) is 5.65. The van der Waals surface area contributed by atoms with E-state index in [4.69, 9.17) is 5.11 Å². The summed E-state index contributed by atoms with van der Waals surface area (Å²) in [6.07, 6.45) is -2.63. The van der Waals surface area contributed by atoms with Crippen LogP contribution in [0.2, 0.25) is 0 Å². The van der Waals surface area contributed by atoms with Gasteiger partial charge < -0.3 is 15.5 Å². The van der Waals surface area contributed by atoms with Crippen LogP contribution in [0, 0.1) is 0 Å². The lowest BCUT2D eigenvalue weighted by Crippen LogP contribution is -2.43. The molecule has 3 N–H and O–H groups in total. The summed E-state index contributed by atoms with van der Waals surface area (Å²) in [6.45, 7) is -1.17. The monoisotopic (exact) mass is 368 g/mol. The molecule has 1 aromatic heterocycles. The molecule has 8 heteroatoms. The first-order valence-corrected chi connectivity index (χ1v) is 7.95. The molecule has 140 valence electrons. The first kappa shape index (κ1) is 19.9. The molecule has 26 heavy (non-hydrogen) atoms. The molecule has 0 aliphatic rings. The van der Waals surface area contributed by atoms with E-state index in [-0.39, 0.29) is 12.2 Å². The molecule has 2 aromatic rings. The summed E-state index contributed by atoms with van der Waals surface area (Å²) in [6, 6.07) is 8.56. The highest BCUT2D eigenvalue weighted by atomic mass is 19.3. The van der Waals surface area contributed by atoms with Gasteiger partial charge in [0.25, 0.3) is 5.91 Å². The number of hydrogen-bond donors (Lipinski definition) is 3. The highest BCUT2D eigenvalue weighted by molar-refractivity contribution is 5.79. The third-order valence-corrected chi connectivity index (χ3v) is 3.85. The Kier molecular flexibility index (Phi) is 7.11. The summed E-state index contributed by atoms with van der Waals surface area (Å²) in [5, 5.41) is 20.8. The maximum atomic E-state index is 13.0. The van der Waals surface area contributed by atoms with E-state index in [0.717, 1.165) is 16.8 Å². The summed E-state index contributed by atoms with van der Waals surface area (Å²) in [4.78, 5) is 15.2. The first-order valence-electron chi connectivity index (χ1n) is 7.95. The van der Waals surface area contributed by atoms with Crippen molar-refractivity contribution in [2.45, 2.75) is 25.0 Å². The van der Waals surface area contributed by atoms with Gasteiger partial charge in [0.1, 0.15) is 12.8 Å². The Hall–Kier alpha value is -2.45. The fourth-order valence-electron chi connectivity index (χ4n) is 2.41. The van der Waals surface area contributed by atoms with E-state index >= 15 is 0 Å². The smallest absolute Gasteiger partial charge is 0.315 e. The standard InChI is InChI=1S/C18H19F3N2O3/c19-9-15(23-18(26)17(20)21)16(25)12-3-1-11(2-4-12)13-5-6-14(7-8-24)22-10-13/h1-6,10,15-17,24-25H,7-9H2,(H,23,26)/t15-,16-/m1/s1.